The van der Waals surface area contributed by atoms with Crippen molar-refractivity contribution in [2.75, 3.05) is 19.0 Å². The molecule has 10 heteroatoms. The van der Waals surface area contributed by atoms with Crippen molar-refractivity contribution in [1.82, 2.24) is 0 Å². The molecule has 3 rings (SSSR count). The zero-order chi connectivity index (χ0) is 23.3. The van der Waals surface area contributed by atoms with E-state index in [1.807, 2.05) is 6.07 Å². The Morgan fingerprint density at radius 3 is 2.75 bits per heavy atom. The van der Waals surface area contributed by atoms with Crippen LogP contribution in [0.3, 0.4) is 0 Å². The highest BCUT2D eigenvalue weighted by Crippen LogP contribution is 2.39. The first kappa shape index (κ1) is 23.0. The predicted molar refractivity (Wildman–Crippen MR) is 119 cm³/mol. The average molecular weight is 455 g/mol. The van der Waals surface area contributed by atoms with Gasteiger partial charge in [0.25, 0.3) is 5.91 Å². The number of nitriles is 1. The molecule has 1 aromatic heterocycles. The lowest BCUT2D eigenvalue weighted by Gasteiger charge is -2.12. The highest BCUT2D eigenvalue weighted by atomic mass is 32.1. The van der Waals surface area contributed by atoms with Gasteiger partial charge in [0.2, 0.25) is 0 Å². The van der Waals surface area contributed by atoms with Gasteiger partial charge in [-0.05, 0) is 55.9 Å². The summed E-state index contributed by atoms with van der Waals surface area (Å²) >= 11 is 1.31. The minimum atomic E-state index is -0.713. The van der Waals surface area contributed by atoms with Crippen LogP contribution in [0.2, 0.25) is 0 Å². The maximum atomic E-state index is 12.8. The highest BCUT2D eigenvalue weighted by Gasteiger charge is 2.28. The number of nitro benzene ring substituents is 1. The van der Waals surface area contributed by atoms with Gasteiger partial charge < -0.3 is 14.8 Å². The number of thiophene rings is 1. The number of benzene rings is 1. The lowest BCUT2D eigenvalue weighted by Crippen LogP contribution is -2.16. The van der Waals surface area contributed by atoms with Crippen LogP contribution in [0.4, 0.5) is 10.7 Å². The van der Waals surface area contributed by atoms with E-state index in [1.54, 1.807) is 6.92 Å². The van der Waals surface area contributed by atoms with Crippen molar-refractivity contribution in [3.05, 3.63) is 55.5 Å². The molecule has 0 unspecified atom stereocenters. The van der Waals surface area contributed by atoms with Gasteiger partial charge in [0.1, 0.15) is 16.6 Å². The number of nitrogens with zero attached hydrogens (tertiary/aromatic N) is 2. The number of esters is 1. The van der Waals surface area contributed by atoms with E-state index in [-0.39, 0.29) is 23.6 Å². The van der Waals surface area contributed by atoms with Crippen LogP contribution < -0.4 is 10.1 Å². The first-order chi connectivity index (χ1) is 15.4. The van der Waals surface area contributed by atoms with E-state index in [1.165, 1.54) is 42.7 Å². The van der Waals surface area contributed by atoms with Crippen molar-refractivity contribution >= 4 is 40.0 Å². The summed E-state index contributed by atoms with van der Waals surface area (Å²) in [5.41, 5.74) is 0.987. The molecule has 1 N–H and O–H groups in total. The molecule has 1 heterocycles. The van der Waals surface area contributed by atoms with Crippen LogP contribution in [0.25, 0.3) is 6.08 Å². The van der Waals surface area contributed by atoms with Gasteiger partial charge in [-0.3, -0.25) is 14.9 Å². The Morgan fingerprint density at radius 2 is 2.09 bits per heavy atom. The number of nitro groups is 1. The number of aryl methyl sites for hydroxylation is 1. The van der Waals surface area contributed by atoms with Crippen LogP contribution in [0, 0.1) is 21.4 Å². The largest absolute Gasteiger partial charge is 0.490 e. The summed E-state index contributed by atoms with van der Waals surface area (Å²) in [6.45, 7) is 1.91. The van der Waals surface area contributed by atoms with E-state index < -0.39 is 16.8 Å². The standard InChI is InChI=1S/C22H21N3O6S/c1-3-31-22(27)19-15-6-4-5-7-18(15)32-21(19)24-20(26)14(12-23)10-13-8-9-17(30-2)16(11-13)25(28)29/h8-11H,3-7H2,1-2H3,(H,24,26)/b14-10+. The molecule has 0 aliphatic heterocycles. The van der Waals surface area contributed by atoms with Gasteiger partial charge in [-0.25, -0.2) is 4.79 Å². The SMILES string of the molecule is CCOC(=O)c1c(NC(=O)/C(C#N)=C/c2ccc(OC)c([N+](=O)[O-])c2)sc2c1CCCC2. The second kappa shape index (κ2) is 10.1. The fraction of sp³-hybridized carbons (Fsp3) is 0.318. The van der Waals surface area contributed by atoms with Crippen molar-refractivity contribution in [2.45, 2.75) is 32.6 Å². The van der Waals surface area contributed by atoms with Gasteiger partial charge in [-0.15, -0.1) is 11.3 Å². The third-order valence-electron chi connectivity index (χ3n) is 4.95. The van der Waals surface area contributed by atoms with Gasteiger partial charge in [-0.1, -0.05) is 6.07 Å². The van der Waals surface area contributed by atoms with Crippen LogP contribution in [0.15, 0.2) is 23.8 Å². The summed E-state index contributed by atoms with van der Waals surface area (Å²) in [5, 5.41) is 23.8. The molecule has 2 aromatic rings. The van der Waals surface area contributed by atoms with E-state index in [2.05, 4.69) is 5.32 Å². The number of methoxy groups -OCH3 is 1. The second-order valence-electron chi connectivity index (χ2n) is 6.95. The van der Waals surface area contributed by atoms with Crippen LogP contribution >= 0.6 is 11.3 Å². The smallest absolute Gasteiger partial charge is 0.341 e. The minimum absolute atomic E-state index is 0.0679. The molecule has 0 saturated carbocycles. The number of hydrogen-bond acceptors (Lipinski definition) is 8. The molecule has 166 valence electrons. The lowest BCUT2D eigenvalue weighted by molar-refractivity contribution is -0.385. The maximum Gasteiger partial charge on any atom is 0.341 e. The fourth-order valence-corrected chi connectivity index (χ4v) is 4.77. The molecule has 1 amide bonds. The maximum absolute atomic E-state index is 12.8. The normalized spacial score (nSPS) is 13.0. The molecular weight excluding hydrogens is 434 g/mol. The number of fused-ring (bicyclic) bond motifs is 1. The monoisotopic (exact) mass is 455 g/mol. The minimum Gasteiger partial charge on any atom is -0.490 e. The third-order valence-corrected chi connectivity index (χ3v) is 6.16. The molecule has 32 heavy (non-hydrogen) atoms. The number of ether oxygens (including phenoxy) is 2. The van der Waals surface area contributed by atoms with Crippen molar-refractivity contribution in [3.63, 3.8) is 0 Å². The van der Waals surface area contributed by atoms with Gasteiger partial charge in [0, 0.05) is 10.9 Å². The van der Waals surface area contributed by atoms with E-state index in [9.17, 15) is 25.0 Å². The summed E-state index contributed by atoms with van der Waals surface area (Å²) in [5.74, 6) is -1.15. The number of carbonyl (C=O) groups excluding carboxylic acids is 2. The third kappa shape index (κ3) is 4.78. The lowest BCUT2D eigenvalue weighted by atomic mass is 9.95. The first-order valence-corrected chi connectivity index (χ1v) is 10.8. The Hall–Kier alpha value is -3.71. The van der Waals surface area contributed by atoms with E-state index in [0.29, 0.717) is 16.1 Å². The van der Waals surface area contributed by atoms with Gasteiger partial charge in [0.15, 0.2) is 5.75 Å². The number of hydrogen-bond donors (Lipinski definition) is 1. The molecule has 0 saturated heterocycles. The Morgan fingerprint density at radius 1 is 1.34 bits per heavy atom. The highest BCUT2D eigenvalue weighted by molar-refractivity contribution is 7.17. The molecule has 0 radical (unpaired) electrons. The molecule has 0 bridgehead atoms. The molecule has 1 aliphatic carbocycles. The van der Waals surface area contributed by atoms with E-state index in [4.69, 9.17) is 9.47 Å². The first-order valence-electron chi connectivity index (χ1n) is 9.96. The number of nitrogens with one attached hydrogen (secondary N) is 1. The second-order valence-corrected chi connectivity index (χ2v) is 8.05. The summed E-state index contributed by atoms with van der Waals surface area (Å²) in [6.07, 6.45) is 4.75. The molecule has 9 nitrogen and oxygen atoms in total. The topological polar surface area (TPSA) is 132 Å². The Kier molecular flexibility index (Phi) is 7.22. The zero-order valence-corrected chi connectivity index (χ0v) is 18.4. The Labute approximate surface area is 188 Å². The summed E-state index contributed by atoms with van der Waals surface area (Å²) in [6, 6.07) is 5.94. The van der Waals surface area contributed by atoms with E-state index >= 15 is 0 Å². The number of anilines is 1. The van der Waals surface area contributed by atoms with Gasteiger partial charge in [0.05, 0.1) is 24.2 Å². The number of carbonyl (C=O) groups is 2. The molecule has 0 atom stereocenters. The summed E-state index contributed by atoms with van der Waals surface area (Å²) < 4.78 is 10.1. The van der Waals surface area contributed by atoms with Crippen LogP contribution in [0.1, 0.15) is 46.1 Å². The summed E-state index contributed by atoms with van der Waals surface area (Å²) in [7, 11) is 1.31. The van der Waals surface area contributed by atoms with Gasteiger partial charge >= 0.3 is 11.7 Å². The van der Waals surface area contributed by atoms with Crippen molar-refractivity contribution in [2.24, 2.45) is 0 Å². The van der Waals surface area contributed by atoms with Gasteiger partial charge in [-0.2, -0.15) is 5.26 Å². The molecular formula is C22H21N3O6S. The van der Waals surface area contributed by atoms with E-state index in [0.717, 1.165) is 36.1 Å². The zero-order valence-electron chi connectivity index (χ0n) is 17.6. The molecule has 1 aliphatic rings. The van der Waals surface area contributed by atoms with Crippen molar-refractivity contribution < 1.29 is 24.0 Å². The molecule has 0 fully saturated rings. The average Bonchev–Trinajstić information content (AvgIpc) is 3.15. The molecule has 1 aromatic carbocycles. The number of amides is 1. The number of rotatable bonds is 7. The van der Waals surface area contributed by atoms with Crippen molar-refractivity contribution in [3.8, 4) is 11.8 Å². The Bertz CT molecular complexity index is 1150. The van der Waals surface area contributed by atoms with Crippen molar-refractivity contribution in [1.29, 1.82) is 5.26 Å². The van der Waals surface area contributed by atoms with Crippen LogP contribution in [0.5, 0.6) is 5.75 Å². The van der Waals surface area contributed by atoms with Crippen LogP contribution in [-0.2, 0) is 22.4 Å². The predicted octanol–water partition coefficient (Wildman–Crippen LogP) is 4.27. The quantitative estimate of drug-likeness (QED) is 0.217. The van der Waals surface area contributed by atoms with Crippen LogP contribution in [-0.4, -0.2) is 30.5 Å². The Balaban J connectivity index is 1.93. The fourth-order valence-electron chi connectivity index (χ4n) is 3.50. The molecule has 0 spiro atoms. The summed E-state index contributed by atoms with van der Waals surface area (Å²) in [4.78, 5) is 37.0.